The second-order valence-corrected chi connectivity index (χ2v) is 11.7. The molecule has 0 saturated heterocycles. The third kappa shape index (κ3) is 7.00. The van der Waals surface area contributed by atoms with Crippen molar-refractivity contribution < 1.29 is 27.5 Å². The maximum Gasteiger partial charge on any atom is 0.244 e. The minimum Gasteiger partial charge on any atom is -0.454 e. The van der Waals surface area contributed by atoms with E-state index in [0.717, 1.165) is 4.31 Å². The molecule has 0 fully saturated rings. The Kier molecular flexibility index (Phi) is 9.55. The lowest BCUT2D eigenvalue weighted by Crippen LogP contribution is -2.52. The summed E-state index contributed by atoms with van der Waals surface area (Å²) in [7, 11) is -3.87. The number of halogens is 2. The van der Waals surface area contributed by atoms with Crippen molar-refractivity contribution in [3.05, 3.63) is 52.0 Å². The fraction of sp³-hybridized carbons (Fsp3) is 0.440. The first-order valence-corrected chi connectivity index (χ1v) is 14.3. The number of rotatable bonds is 11. The van der Waals surface area contributed by atoms with Crippen LogP contribution in [0.5, 0.6) is 11.5 Å². The fourth-order valence-corrected chi connectivity index (χ4v) is 5.16. The molecule has 0 spiro atoms. The summed E-state index contributed by atoms with van der Waals surface area (Å²) in [5.74, 6) is -0.305. The summed E-state index contributed by atoms with van der Waals surface area (Å²) in [5, 5.41) is 3.64. The molecule has 0 aliphatic carbocycles. The number of anilines is 1. The Labute approximate surface area is 227 Å². The highest BCUT2D eigenvalue weighted by Crippen LogP contribution is 2.36. The van der Waals surface area contributed by atoms with E-state index < -0.39 is 28.5 Å². The zero-order valence-electron chi connectivity index (χ0n) is 21.2. The Hall–Kier alpha value is -2.69. The molecule has 1 heterocycles. The average molecular weight is 573 g/mol. The van der Waals surface area contributed by atoms with Gasteiger partial charge in [0.15, 0.2) is 11.5 Å². The van der Waals surface area contributed by atoms with Crippen LogP contribution in [0.1, 0.15) is 39.7 Å². The third-order valence-electron chi connectivity index (χ3n) is 6.15. The highest BCUT2D eigenvalue weighted by atomic mass is 35.5. The SMILES string of the molecule is CC[C@H](C)NC(=O)[C@H](C)N(Cc1ccc(Cl)cc1Cl)C(=O)CN(c1ccc2c(c1)OCO2)S(=O)(=O)CC. The number of carbonyl (C=O) groups excluding carboxylic acids is 2. The first-order chi connectivity index (χ1) is 17.5. The summed E-state index contributed by atoms with van der Waals surface area (Å²) in [5.41, 5.74) is 0.816. The average Bonchev–Trinajstić information content (AvgIpc) is 3.34. The second-order valence-electron chi connectivity index (χ2n) is 8.70. The van der Waals surface area contributed by atoms with Crippen LogP contribution in [-0.4, -0.2) is 56.3 Å². The van der Waals surface area contributed by atoms with Crippen molar-refractivity contribution in [2.24, 2.45) is 0 Å². The molecule has 202 valence electrons. The molecular weight excluding hydrogens is 541 g/mol. The zero-order valence-corrected chi connectivity index (χ0v) is 23.5. The number of amides is 2. The van der Waals surface area contributed by atoms with Crippen molar-refractivity contribution in [2.75, 3.05) is 23.4 Å². The Balaban J connectivity index is 1.96. The van der Waals surface area contributed by atoms with Crippen molar-refractivity contribution in [3.63, 3.8) is 0 Å². The molecule has 1 aliphatic heterocycles. The molecule has 2 atom stereocenters. The Morgan fingerprint density at radius 3 is 2.41 bits per heavy atom. The molecule has 2 amide bonds. The van der Waals surface area contributed by atoms with Gasteiger partial charge in [0, 0.05) is 28.7 Å². The summed E-state index contributed by atoms with van der Waals surface area (Å²) >= 11 is 12.4. The van der Waals surface area contributed by atoms with E-state index >= 15 is 0 Å². The molecule has 2 aromatic carbocycles. The summed E-state index contributed by atoms with van der Waals surface area (Å²) in [6.07, 6.45) is 0.710. The zero-order chi connectivity index (χ0) is 27.3. The third-order valence-corrected chi connectivity index (χ3v) is 8.48. The van der Waals surface area contributed by atoms with Crippen molar-refractivity contribution in [3.8, 4) is 11.5 Å². The van der Waals surface area contributed by atoms with Crippen molar-refractivity contribution in [1.29, 1.82) is 0 Å². The quantitative estimate of drug-likeness (QED) is 0.433. The molecule has 1 N–H and O–H groups in total. The lowest BCUT2D eigenvalue weighted by Gasteiger charge is -2.32. The summed E-state index contributed by atoms with van der Waals surface area (Å²) in [6.45, 7) is 6.36. The number of hydrogen-bond acceptors (Lipinski definition) is 6. The first-order valence-electron chi connectivity index (χ1n) is 11.9. The minimum atomic E-state index is -3.87. The molecule has 3 rings (SSSR count). The van der Waals surface area contributed by atoms with Crippen LogP contribution < -0.4 is 19.1 Å². The van der Waals surface area contributed by atoms with E-state index in [1.807, 2.05) is 13.8 Å². The van der Waals surface area contributed by atoms with Gasteiger partial charge in [0.25, 0.3) is 0 Å². The van der Waals surface area contributed by atoms with Crippen LogP contribution in [0, 0.1) is 0 Å². The molecule has 12 heteroatoms. The van der Waals surface area contributed by atoms with Crippen molar-refractivity contribution in [1.82, 2.24) is 10.2 Å². The van der Waals surface area contributed by atoms with Crippen LogP contribution in [0.3, 0.4) is 0 Å². The van der Waals surface area contributed by atoms with Gasteiger partial charge >= 0.3 is 0 Å². The smallest absolute Gasteiger partial charge is 0.244 e. The molecule has 0 radical (unpaired) electrons. The number of benzene rings is 2. The number of nitrogens with one attached hydrogen (secondary N) is 1. The molecule has 37 heavy (non-hydrogen) atoms. The molecule has 0 aromatic heterocycles. The van der Waals surface area contributed by atoms with Gasteiger partial charge in [-0.05, 0) is 57.0 Å². The number of sulfonamides is 1. The number of fused-ring (bicyclic) bond motifs is 1. The van der Waals surface area contributed by atoms with Gasteiger partial charge in [-0.1, -0.05) is 36.2 Å². The molecular formula is C25H31Cl2N3O6S. The number of nitrogens with zero attached hydrogens (tertiary/aromatic N) is 2. The van der Waals surface area contributed by atoms with Crippen LogP contribution in [0.4, 0.5) is 5.69 Å². The van der Waals surface area contributed by atoms with Crippen LogP contribution in [0.15, 0.2) is 36.4 Å². The van der Waals surface area contributed by atoms with E-state index in [0.29, 0.717) is 33.5 Å². The lowest BCUT2D eigenvalue weighted by molar-refractivity contribution is -0.139. The second kappa shape index (κ2) is 12.2. The van der Waals surface area contributed by atoms with Gasteiger partial charge in [-0.3, -0.25) is 13.9 Å². The van der Waals surface area contributed by atoms with Gasteiger partial charge in [-0.15, -0.1) is 0 Å². The number of carbonyl (C=O) groups is 2. The Morgan fingerprint density at radius 2 is 1.76 bits per heavy atom. The molecule has 2 aromatic rings. The Morgan fingerprint density at radius 1 is 1.05 bits per heavy atom. The minimum absolute atomic E-state index is 0.0227. The van der Waals surface area contributed by atoms with E-state index in [4.69, 9.17) is 32.7 Å². The molecule has 0 unspecified atom stereocenters. The molecule has 0 saturated carbocycles. The van der Waals surface area contributed by atoms with Gasteiger partial charge in [-0.25, -0.2) is 8.42 Å². The normalized spacial score (nSPS) is 14.1. The standard InChI is InChI=1S/C25H31Cl2N3O6S/c1-5-16(3)28-25(32)17(4)29(13-18-7-8-19(26)11-21(18)27)24(31)14-30(37(33,34)6-2)20-9-10-22-23(12-20)36-15-35-22/h7-12,16-17H,5-6,13-15H2,1-4H3,(H,28,32)/t16-,17-/m0/s1. The maximum atomic E-state index is 13.7. The highest BCUT2D eigenvalue weighted by Gasteiger charge is 2.32. The van der Waals surface area contributed by atoms with E-state index in [9.17, 15) is 18.0 Å². The monoisotopic (exact) mass is 571 g/mol. The largest absolute Gasteiger partial charge is 0.454 e. The van der Waals surface area contributed by atoms with Crippen LogP contribution in [0.25, 0.3) is 0 Å². The van der Waals surface area contributed by atoms with Gasteiger partial charge in [0.2, 0.25) is 28.6 Å². The van der Waals surface area contributed by atoms with E-state index in [1.165, 1.54) is 17.9 Å². The predicted octanol–water partition coefficient (Wildman–Crippen LogP) is 4.21. The van der Waals surface area contributed by atoms with E-state index in [-0.39, 0.29) is 36.7 Å². The van der Waals surface area contributed by atoms with E-state index in [1.54, 1.807) is 37.3 Å². The summed E-state index contributed by atoms with van der Waals surface area (Å²) < 4.78 is 37.9. The van der Waals surface area contributed by atoms with Crippen LogP contribution in [-0.2, 0) is 26.2 Å². The maximum absolute atomic E-state index is 13.7. The summed E-state index contributed by atoms with van der Waals surface area (Å²) in [4.78, 5) is 28.0. The lowest BCUT2D eigenvalue weighted by atomic mass is 10.1. The van der Waals surface area contributed by atoms with Crippen molar-refractivity contribution in [2.45, 2.75) is 52.7 Å². The Bertz CT molecular complexity index is 1260. The van der Waals surface area contributed by atoms with Gasteiger partial charge in [-0.2, -0.15) is 0 Å². The van der Waals surface area contributed by atoms with Crippen LogP contribution in [0.2, 0.25) is 10.0 Å². The molecule has 0 bridgehead atoms. The van der Waals surface area contributed by atoms with Gasteiger partial charge < -0.3 is 19.7 Å². The molecule has 9 nitrogen and oxygen atoms in total. The summed E-state index contributed by atoms with van der Waals surface area (Å²) in [6, 6.07) is 8.50. The predicted molar refractivity (Wildman–Crippen MR) is 144 cm³/mol. The van der Waals surface area contributed by atoms with Gasteiger partial charge in [0.05, 0.1) is 11.4 Å². The van der Waals surface area contributed by atoms with Gasteiger partial charge in [0.1, 0.15) is 12.6 Å². The van der Waals surface area contributed by atoms with Crippen LogP contribution >= 0.6 is 23.2 Å². The topological polar surface area (TPSA) is 105 Å². The highest BCUT2D eigenvalue weighted by molar-refractivity contribution is 7.92. The fourth-order valence-electron chi connectivity index (χ4n) is 3.64. The van der Waals surface area contributed by atoms with Crippen molar-refractivity contribution >= 4 is 50.7 Å². The molecule has 1 aliphatic rings. The van der Waals surface area contributed by atoms with E-state index in [2.05, 4.69) is 5.32 Å². The number of ether oxygens (including phenoxy) is 2. The number of hydrogen-bond donors (Lipinski definition) is 1. The first kappa shape index (κ1) is 28.9.